The molecule has 3 aromatic carbocycles. The summed E-state index contributed by atoms with van der Waals surface area (Å²) < 4.78 is 23.3. The third-order valence-electron chi connectivity index (χ3n) is 5.50. The van der Waals surface area contributed by atoms with Crippen LogP contribution in [0.15, 0.2) is 70.0 Å². The molecule has 34 heavy (non-hydrogen) atoms. The summed E-state index contributed by atoms with van der Waals surface area (Å²) in [6.07, 6.45) is 1.64. The van der Waals surface area contributed by atoms with E-state index in [9.17, 15) is 4.79 Å². The van der Waals surface area contributed by atoms with Crippen molar-refractivity contribution >= 4 is 45.3 Å². The van der Waals surface area contributed by atoms with Crippen molar-refractivity contribution in [3.8, 4) is 16.9 Å². The fourth-order valence-corrected chi connectivity index (χ4v) is 4.38. The molecular weight excluding hydrogens is 482 g/mol. The molecule has 3 aromatic heterocycles. The summed E-state index contributed by atoms with van der Waals surface area (Å²) in [4.78, 5) is 14.1. The van der Waals surface area contributed by atoms with Crippen LogP contribution in [0.25, 0.3) is 39.1 Å². The molecule has 0 amide bonds. The Labute approximate surface area is 200 Å². The number of aromatic amines is 1. The molecule has 1 N–H and O–H groups in total. The predicted molar refractivity (Wildman–Crippen MR) is 126 cm³/mol. The Morgan fingerprint density at radius 3 is 2.79 bits per heavy atom. The summed E-state index contributed by atoms with van der Waals surface area (Å²) in [6, 6.07) is 15.3. The van der Waals surface area contributed by atoms with Crippen LogP contribution in [-0.4, -0.2) is 29.8 Å². The van der Waals surface area contributed by atoms with Crippen LogP contribution in [0.5, 0.6) is 0 Å². The van der Waals surface area contributed by atoms with Gasteiger partial charge in [-0.05, 0) is 54.1 Å². The molecule has 3 heterocycles. The number of hydrogen-bond acceptors (Lipinski definition) is 5. The molecule has 0 fully saturated rings. The molecule has 0 aliphatic heterocycles. The van der Waals surface area contributed by atoms with E-state index in [0.29, 0.717) is 50.2 Å². The fraction of sp³-hybridized carbons (Fsp3) is 0.0435. The van der Waals surface area contributed by atoms with E-state index in [1.807, 2.05) is 6.07 Å². The van der Waals surface area contributed by atoms with Crippen LogP contribution >= 0.6 is 23.2 Å². The van der Waals surface area contributed by atoms with Crippen molar-refractivity contribution in [1.29, 1.82) is 0 Å². The summed E-state index contributed by atoms with van der Waals surface area (Å²) in [6.45, 7) is 0.375. The molecule has 0 saturated carbocycles. The van der Waals surface area contributed by atoms with Crippen LogP contribution in [0.2, 0.25) is 10.0 Å². The van der Waals surface area contributed by atoms with Gasteiger partial charge in [-0.3, -0.25) is 9.67 Å². The first-order valence-electron chi connectivity index (χ1n) is 10.1. The molecule has 6 rings (SSSR count). The Bertz CT molecular complexity index is 1770. The quantitative estimate of drug-likeness (QED) is 0.362. The maximum atomic E-state index is 15.0. The first-order valence-corrected chi connectivity index (χ1v) is 10.9. The van der Waals surface area contributed by atoms with E-state index in [1.54, 1.807) is 53.3 Å². The third-order valence-corrected chi connectivity index (χ3v) is 6.09. The summed E-state index contributed by atoms with van der Waals surface area (Å²) in [5, 5.41) is 13.6. The van der Waals surface area contributed by atoms with Gasteiger partial charge in [0, 0.05) is 21.8 Å². The van der Waals surface area contributed by atoms with Crippen molar-refractivity contribution in [3.05, 3.63) is 92.8 Å². The molecule has 0 spiro atoms. The minimum Gasteiger partial charge on any atom is -0.408 e. The predicted octanol–water partition coefficient (Wildman–Crippen LogP) is 5.21. The average molecular weight is 495 g/mol. The van der Waals surface area contributed by atoms with Crippen molar-refractivity contribution in [1.82, 2.24) is 29.8 Å². The highest BCUT2D eigenvalue weighted by Crippen LogP contribution is 2.29. The van der Waals surface area contributed by atoms with Crippen LogP contribution < -0.4 is 5.76 Å². The van der Waals surface area contributed by atoms with Crippen LogP contribution in [0, 0.1) is 5.82 Å². The smallest absolute Gasteiger partial charge is 0.408 e. The number of halogens is 3. The van der Waals surface area contributed by atoms with Crippen LogP contribution in [0.3, 0.4) is 0 Å². The van der Waals surface area contributed by atoms with Crippen LogP contribution in [0.1, 0.15) is 5.56 Å². The minimum atomic E-state index is -0.557. The zero-order valence-electron chi connectivity index (χ0n) is 17.2. The maximum absolute atomic E-state index is 15.0. The number of aromatic nitrogens is 6. The lowest BCUT2D eigenvalue weighted by Gasteiger charge is -2.10. The van der Waals surface area contributed by atoms with Crippen molar-refractivity contribution in [2.24, 2.45) is 0 Å². The van der Waals surface area contributed by atoms with Gasteiger partial charge in [0.1, 0.15) is 5.52 Å². The molecule has 0 aliphatic carbocycles. The molecule has 0 unspecified atom stereocenters. The second-order valence-electron chi connectivity index (χ2n) is 7.63. The Balaban J connectivity index is 1.45. The fourth-order valence-electron chi connectivity index (χ4n) is 3.91. The van der Waals surface area contributed by atoms with E-state index in [-0.39, 0.29) is 5.52 Å². The van der Waals surface area contributed by atoms with Crippen molar-refractivity contribution in [2.75, 3.05) is 0 Å². The standard InChI is InChI=1S/C23H13Cl2FN6O2/c24-14-2-1-12(16(25)9-14)11-31-19(5-6-27-31)13-7-17(26)22-20(8-13)32(30-29-22)15-3-4-21-18(10-15)28-23(33)34-21/h1-10H,11H2,(H,28,33). The first-order chi connectivity index (χ1) is 16.5. The van der Waals surface area contributed by atoms with Crippen LogP contribution in [-0.2, 0) is 6.54 Å². The van der Waals surface area contributed by atoms with Crippen molar-refractivity contribution < 1.29 is 8.81 Å². The molecule has 0 bridgehead atoms. The highest BCUT2D eigenvalue weighted by Gasteiger charge is 2.17. The topological polar surface area (TPSA) is 94.5 Å². The van der Waals surface area contributed by atoms with Gasteiger partial charge in [-0.2, -0.15) is 5.10 Å². The van der Waals surface area contributed by atoms with Gasteiger partial charge in [-0.15, -0.1) is 5.10 Å². The number of rotatable bonds is 4. The SMILES string of the molecule is O=c1[nH]c2cc(-n3nnc4c(F)cc(-c5ccnn5Cc5ccc(Cl)cc5Cl)cc43)ccc2o1. The molecular formula is C23H13Cl2FN6O2. The Hall–Kier alpha value is -3.95. The molecule has 0 radical (unpaired) electrons. The van der Waals surface area contributed by atoms with Gasteiger partial charge in [0.2, 0.25) is 0 Å². The van der Waals surface area contributed by atoms with Gasteiger partial charge < -0.3 is 4.42 Å². The molecule has 0 aliphatic rings. The number of nitrogens with one attached hydrogen (secondary N) is 1. The number of fused-ring (bicyclic) bond motifs is 2. The monoisotopic (exact) mass is 494 g/mol. The molecule has 8 nitrogen and oxygen atoms in total. The first kappa shape index (κ1) is 20.6. The lowest BCUT2D eigenvalue weighted by molar-refractivity contribution is 0.555. The van der Waals surface area contributed by atoms with E-state index in [4.69, 9.17) is 27.6 Å². The van der Waals surface area contributed by atoms with Gasteiger partial charge in [0.15, 0.2) is 11.4 Å². The average Bonchev–Trinajstić information content (AvgIpc) is 3.52. The summed E-state index contributed by atoms with van der Waals surface area (Å²) in [5.74, 6) is -1.08. The number of H-pyrrole nitrogens is 1. The number of nitrogens with zero attached hydrogens (tertiary/aromatic N) is 5. The molecule has 11 heteroatoms. The van der Waals surface area contributed by atoms with E-state index in [0.717, 1.165) is 5.56 Å². The highest BCUT2D eigenvalue weighted by atomic mass is 35.5. The van der Waals surface area contributed by atoms with E-state index < -0.39 is 11.6 Å². The van der Waals surface area contributed by atoms with Gasteiger partial charge >= 0.3 is 5.76 Å². The van der Waals surface area contributed by atoms with Crippen molar-refractivity contribution in [2.45, 2.75) is 6.54 Å². The normalized spacial score (nSPS) is 11.6. The molecule has 6 aromatic rings. The van der Waals surface area contributed by atoms with Gasteiger partial charge in [-0.1, -0.05) is 34.5 Å². The maximum Gasteiger partial charge on any atom is 0.417 e. The summed E-state index contributed by atoms with van der Waals surface area (Å²) in [7, 11) is 0. The number of benzene rings is 3. The third kappa shape index (κ3) is 3.46. The lowest BCUT2D eigenvalue weighted by atomic mass is 10.1. The zero-order valence-corrected chi connectivity index (χ0v) is 18.7. The Morgan fingerprint density at radius 1 is 1.06 bits per heavy atom. The highest BCUT2D eigenvalue weighted by molar-refractivity contribution is 6.35. The minimum absolute atomic E-state index is 0.122. The Morgan fingerprint density at radius 2 is 1.94 bits per heavy atom. The second-order valence-corrected chi connectivity index (χ2v) is 8.48. The largest absolute Gasteiger partial charge is 0.417 e. The van der Waals surface area contributed by atoms with Gasteiger partial charge in [0.05, 0.1) is 29.0 Å². The Kier molecular flexibility index (Phi) is 4.75. The summed E-state index contributed by atoms with van der Waals surface area (Å²) >= 11 is 12.3. The molecule has 0 atom stereocenters. The van der Waals surface area contributed by atoms with Crippen molar-refractivity contribution in [3.63, 3.8) is 0 Å². The van der Waals surface area contributed by atoms with E-state index in [2.05, 4.69) is 20.4 Å². The van der Waals surface area contributed by atoms with E-state index in [1.165, 1.54) is 10.7 Å². The number of hydrogen-bond donors (Lipinski definition) is 1. The van der Waals surface area contributed by atoms with E-state index >= 15 is 4.39 Å². The molecule has 168 valence electrons. The number of oxazole rings is 1. The van der Waals surface area contributed by atoms with Gasteiger partial charge in [0.25, 0.3) is 0 Å². The molecule has 0 saturated heterocycles. The lowest BCUT2D eigenvalue weighted by Crippen LogP contribution is -2.04. The zero-order chi connectivity index (χ0) is 23.4. The second kappa shape index (κ2) is 7.82. The van der Waals surface area contributed by atoms with Crippen LogP contribution in [0.4, 0.5) is 4.39 Å². The summed E-state index contributed by atoms with van der Waals surface area (Å²) in [5.41, 5.74) is 4.18. The van der Waals surface area contributed by atoms with Gasteiger partial charge in [-0.25, -0.2) is 13.9 Å².